The fourth-order valence-electron chi connectivity index (χ4n) is 3.75. The maximum absolute atomic E-state index is 12.8. The number of anilines is 1. The molecule has 0 fully saturated rings. The van der Waals surface area contributed by atoms with Gasteiger partial charge in [-0.15, -0.1) is 10.2 Å². The highest BCUT2D eigenvalue weighted by atomic mass is 32.2. The van der Waals surface area contributed by atoms with Gasteiger partial charge in [-0.3, -0.25) is 9.36 Å². The van der Waals surface area contributed by atoms with E-state index in [4.69, 9.17) is 4.74 Å². The molecular weight excluding hydrogens is 444 g/mol. The topological polar surface area (TPSA) is 69.0 Å². The monoisotopic (exact) mass is 466 g/mol. The fraction of sp³-hybridized carbons (Fsp3) is 0.0741. The van der Waals surface area contributed by atoms with Crippen molar-refractivity contribution < 1.29 is 9.53 Å². The number of benzene rings is 4. The summed E-state index contributed by atoms with van der Waals surface area (Å²) in [6, 6.07) is 31.4. The van der Waals surface area contributed by atoms with E-state index in [1.807, 2.05) is 102 Å². The molecule has 0 atom stereocenters. The molecule has 5 rings (SSSR count). The van der Waals surface area contributed by atoms with Crippen LogP contribution in [0.4, 0.5) is 5.69 Å². The number of amides is 1. The van der Waals surface area contributed by atoms with Gasteiger partial charge in [-0.2, -0.15) is 0 Å². The third-order valence-corrected chi connectivity index (χ3v) is 6.32. The highest BCUT2D eigenvalue weighted by Gasteiger charge is 2.17. The molecule has 0 saturated heterocycles. The molecule has 7 heteroatoms. The Morgan fingerprint density at radius 3 is 2.41 bits per heavy atom. The van der Waals surface area contributed by atoms with Crippen LogP contribution in [0.15, 0.2) is 102 Å². The zero-order valence-electron chi connectivity index (χ0n) is 18.5. The molecule has 0 aliphatic rings. The van der Waals surface area contributed by atoms with Crippen molar-refractivity contribution in [3.05, 3.63) is 97.1 Å². The zero-order valence-corrected chi connectivity index (χ0v) is 19.3. The number of ether oxygens (including phenoxy) is 1. The lowest BCUT2D eigenvalue weighted by atomic mass is 10.1. The largest absolute Gasteiger partial charge is 0.497 e. The second kappa shape index (κ2) is 9.80. The van der Waals surface area contributed by atoms with Crippen molar-refractivity contribution in [1.29, 1.82) is 0 Å². The molecule has 1 aromatic heterocycles. The van der Waals surface area contributed by atoms with E-state index < -0.39 is 0 Å². The second-order valence-electron chi connectivity index (χ2n) is 7.57. The second-order valence-corrected chi connectivity index (χ2v) is 8.51. The Hall–Kier alpha value is -4.10. The van der Waals surface area contributed by atoms with E-state index in [2.05, 4.69) is 15.5 Å². The molecule has 0 aliphatic heterocycles. The maximum atomic E-state index is 12.8. The molecule has 0 unspecified atom stereocenters. The summed E-state index contributed by atoms with van der Waals surface area (Å²) >= 11 is 1.35. The Balaban J connectivity index is 1.41. The van der Waals surface area contributed by atoms with Gasteiger partial charge in [0.25, 0.3) is 0 Å². The molecule has 168 valence electrons. The molecule has 1 N–H and O–H groups in total. The molecule has 0 radical (unpaired) electrons. The van der Waals surface area contributed by atoms with Crippen molar-refractivity contribution in [3.8, 4) is 22.8 Å². The molecule has 0 spiro atoms. The summed E-state index contributed by atoms with van der Waals surface area (Å²) < 4.78 is 7.26. The number of nitrogens with zero attached hydrogens (tertiary/aromatic N) is 3. The first-order valence-electron chi connectivity index (χ1n) is 10.8. The molecule has 34 heavy (non-hydrogen) atoms. The minimum Gasteiger partial charge on any atom is -0.497 e. The molecule has 0 aliphatic carbocycles. The maximum Gasteiger partial charge on any atom is 0.234 e. The molecular formula is C27H22N4O2S. The van der Waals surface area contributed by atoms with Gasteiger partial charge in [0.2, 0.25) is 5.91 Å². The third-order valence-electron chi connectivity index (χ3n) is 5.39. The van der Waals surface area contributed by atoms with E-state index in [0.29, 0.717) is 11.0 Å². The van der Waals surface area contributed by atoms with Gasteiger partial charge < -0.3 is 10.1 Å². The number of carbonyl (C=O) groups excluding carboxylic acids is 1. The number of aromatic nitrogens is 3. The van der Waals surface area contributed by atoms with Crippen LogP contribution < -0.4 is 10.1 Å². The number of fused-ring (bicyclic) bond motifs is 1. The van der Waals surface area contributed by atoms with Crippen molar-refractivity contribution in [2.24, 2.45) is 0 Å². The lowest BCUT2D eigenvalue weighted by molar-refractivity contribution is -0.113. The zero-order chi connectivity index (χ0) is 23.3. The lowest BCUT2D eigenvalue weighted by Crippen LogP contribution is -2.14. The average molecular weight is 467 g/mol. The highest BCUT2D eigenvalue weighted by molar-refractivity contribution is 7.99. The predicted octanol–water partition coefficient (Wildman–Crippen LogP) is 5.83. The van der Waals surface area contributed by atoms with Crippen LogP contribution in [0.25, 0.3) is 27.8 Å². The highest BCUT2D eigenvalue weighted by Crippen LogP contribution is 2.29. The fourth-order valence-corrected chi connectivity index (χ4v) is 4.50. The van der Waals surface area contributed by atoms with Crippen molar-refractivity contribution in [1.82, 2.24) is 14.8 Å². The number of hydrogen-bond donors (Lipinski definition) is 1. The molecule has 5 aromatic rings. The van der Waals surface area contributed by atoms with Crippen LogP contribution >= 0.6 is 11.8 Å². The minimum absolute atomic E-state index is 0.105. The van der Waals surface area contributed by atoms with Gasteiger partial charge in [0.15, 0.2) is 11.0 Å². The Kier molecular flexibility index (Phi) is 6.27. The van der Waals surface area contributed by atoms with Gasteiger partial charge in [-0.25, -0.2) is 0 Å². The molecule has 0 bridgehead atoms. The summed E-state index contributed by atoms with van der Waals surface area (Å²) in [6.07, 6.45) is 0. The first-order chi connectivity index (χ1) is 16.7. The van der Waals surface area contributed by atoms with Gasteiger partial charge in [0.1, 0.15) is 5.75 Å². The van der Waals surface area contributed by atoms with E-state index in [-0.39, 0.29) is 11.7 Å². The number of rotatable bonds is 7. The van der Waals surface area contributed by atoms with E-state index in [9.17, 15) is 4.79 Å². The van der Waals surface area contributed by atoms with Crippen LogP contribution in [0.1, 0.15) is 0 Å². The van der Waals surface area contributed by atoms with Crippen LogP contribution in [0.5, 0.6) is 5.75 Å². The van der Waals surface area contributed by atoms with Gasteiger partial charge in [0.05, 0.1) is 12.9 Å². The summed E-state index contributed by atoms with van der Waals surface area (Å²) in [7, 11) is 1.64. The Bertz CT molecular complexity index is 1430. The van der Waals surface area contributed by atoms with Crippen LogP contribution in [-0.2, 0) is 4.79 Å². The van der Waals surface area contributed by atoms with Crippen molar-refractivity contribution >= 4 is 34.1 Å². The van der Waals surface area contributed by atoms with E-state index in [1.165, 1.54) is 11.8 Å². The first-order valence-corrected chi connectivity index (χ1v) is 11.8. The van der Waals surface area contributed by atoms with Crippen LogP contribution in [0, 0.1) is 0 Å². The summed E-state index contributed by atoms with van der Waals surface area (Å²) in [5, 5.41) is 14.6. The molecule has 0 saturated carbocycles. The van der Waals surface area contributed by atoms with Gasteiger partial charge in [0, 0.05) is 22.3 Å². The van der Waals surface area contributed by atoms with Crippen molar-refractivity contribution in [2.75, 3.05) is 18.2 Å². The Morgan fingerprint density at radius 1 is 0.882 bits per heavy atom. The summed E-state index contributed by atoms with van der Waals surface area (Å²) in [5.41, 5.74) is 2.63. The van der Waals surface area contributed by atoms with E-state index in [1.54, 1.807) is 7.11 Å². The van der Waals surface area contributed by atoms with E-state index >= 15 is 0 Å². The Labute approximate surface area is 201 Å². The standard InChI is InChI=1S/C27H22N4O2S/c1-33-22-16-14-21(15-17-22)31-26(20-9-3-2-4-10-20)29-30-27(31)34-18-25(32)28-24-13-7-11-19-8-5-6-12-23(19)24/h2-17H,18H2,1H3,(H,28,32). The summed E-state index contributed by atoms with van der Waals surface area (Å²) in [5.74, 6) is 1.57. The summed E-state index contributed by atoms with van der Waals surface area (Å²) in [4.78, 5) is 12.8. The summed E-state index contributed by atoms with van der Waals surface area (Å²) in [6.45, 7) is 0. The van der Waals surface area contributed by atoms with Crippen molar-refractivity contribution in [2.45, 2.75) is 5.16 Å². The first kappa shape index (κ1) is 21.7. The van der Waals surface area contributed by atoms with Gasteiger partial charge in [-0.05, 0) is 35.7 Å². The molecule has 1 amide bonds. The van der Waals surface area contributed by atoms with Crippen molar-refractivity contribution in [3.63, 3.8) is 0 Å². The number of hydrogen-bond acceptors (Lipinski definition) is 5. The average Bonchev–Trinajstić information content (AvgIpc) is 3.32. The molecule has 4 aromatic carbocycles. The number of carbonyl (C=O) groups is 1. The van der Waals surface area contributed by atoms with Gasteiger partial charge in [-0.1, -0.05) is 78.5 Å². The Morgan fingerprint density at radius 2 is 1.62 bits per heavy atom. The lowest BCUT2D eigenvalue weighted by Gasteiger charge is -2.12. The predicted molar refractivity (Wildman–Crippen MR) is 137 cm³/mol. The van der Waals surface area contributed by atoms with E-state index in [0.717, 1.165) is 33.5 Å². The third kappa shape index (κ3) is 4.51. The number of methoxy groups -OCH3 is 1. The van der Waals surface area contributed by atoms with Crippen LogP contribution in [0.3, 0.4) is 0 Å². The normalized spacial score (nSPS) is 10.9. The number of thioether (sulfide) groups is 1. The number of nitrogens with one attached hydrogen (secondary N) is 1. The van der Waals surface area contributed by atoms with Crippen LogP contribution in [-0.4, -0.2) is 33.5 Å². The van der Waals surface area contributed by atoms with Gasteiger partial charge >= 0.3 is 0 Å². The smallest absolute Gasteiger partial charge is 0.234 e. The SMILES string of the molecule is COc1ccc(-n2c(SCC(=O)Nc3cccc4ccccc34)nnc2-c2ccccc2)cc1. The molecule has 6 nitrogen and oxygen atoms in total. The quantitative estimate of drug-likeness (QED) is 0.306. The minimum atomic E-state index is -0.105. The van der Waals surface area contributed by atoms with Crippen LogP contribution in [0.2, 0.25) is 0 Å². The molecule has 1 heterocycles.